The molecule has 5 nitrogen and oxygen atoms in total. The minimum atomic E-state index is -4.94. The van der Waals surface area contributed by atoms with Gasteiger partial charge in [-0.2, -0.15) is 0 Å². The summed E-state index contributed by atoms with van der Waals surface area (Å²) in [6, 6.07) is 0. The van der Waals surface area contributed by atoms with E-state index >= 15 is 0 Å². The molecule has 0 aromatic carbocycles. The number of rotatable bonds is 3. The molecule has 1 N–H and O–H groups in total. The van der Waals surface area contributed by atoms with Gasteiger partial charge in [-0.05, 0) is 22.6 Å². The Morgan fingerprint density at radius 2 is 2.17 bits per heavy atom. The highest BCUT2D eigenvalue weighted by atomic mass is 127. The van der Waals surface area contributed by atoms with E-state index in [0.717, 1.165) is 13.3 Å². The Morgan fingerprint density at radius 1 is 1.56 bits per heavy atom. The lowest BCUT2D eigenvalue weighted by Gasteiger charge is -2.14. The summed E-state index contributed by atoms with van der Waals surface area (Å²) in [7, 11) is 1.08. The third-order valence-corrected chi connectivity index (χ3v) is 2.61. The first-order chi connectivity index (χ1) is 8.24. The summed E-state index contributed by atoms with van der Waals surface area (Å²) in [6.07, 6.45) is -4.56. The second-order valence-corrected chi connectivity index (χ2v) is 4.06. The van der Waals surface area contributed by atoms with Crippen molar-refractivity contribution in [3.8, 4) is 11.5 Å². The Kier molecular flexibility index (Phi) is 4.59. The van der Waals surface area contributed by atoms with Gasteiger partial charge in [0.2, 0.25) is 0 Å². The minimum absolute atomic E-state index is 0.123. The van der Waals surface area contributed by atoms with Crippen LogP contribution in [-0.2, 0) is 16.0 Å². The van der Waals surface area contributed by atoms with E-state index in [1.165, 1.54) is 22.6 Å². The summed E-state index contributed by atoms with van der Waals surface area (Å²) < 4.78 is 44.6. The average molecular weight is 377 g/mol. The van der Waals surface area contributed by atoms with E-state index in [9.17, 15) is 23.1 Å². The fraction of sp³-hybridized carbons (Fsp3) is 0.333. The van der Waals surface area contributed by atoms with Crippen molar-refractivity contribution in [2.45, 2.75) is 12.8 Å². The molecule has 0 aliphatic heterocycles. The van der Waals surface area contributed by atoms with Crippen molar-refractivity contribution in [2.75, 3.05) is 7.11 Å². The summed E-state index contributed by atoms with van der Waals surface area (Å²) in [5, 5.41) is 9.44. The first-order valence-electron chi connectivity index (χ1n) is 4.43. The highest BCUT2D eigenvalue weighted by Crippen LogP contribution is 2.35. The number of pyridine rings is 1. The minimum Gasteiger partial charge on any atom is -0.506 e. The molecule has 0 aliphatic carbocycles. The van der Waals surface area contributed by atoms with Crippen LogP contribution in [0, 0.1) is 3.70 Å². The molecule has 0 aliphatic rings. The molecule has 0 saturated heterocycles. The second kappa shape index (κ2) is 5.59. The van der Waals surface area contributed by atoms with Gasteiger partial charge >= 0.3 is 12.3 Å². The van der Waals surface area contributed by atoms with Gasteiger partial charge in [-0.15, -0.1) is 13.2 Å². The first kappa shape index (κ1) is 14.8. The van der Waals surface area contributed by atoms with Gasteiger partial charge in [0, 0.05) is 0 Å². The number of carbonyl (C=O) groups excluding carboxylic acids is 1. The number of halogens is 4. The van der Waals surface area contributed by atoms with Crippen LogP contribution >= 0.6 is 22.6 Å². The van der Waals surface area contributed by atoms with E-state index in [1.807, 2.05) is 0 Å². The number of alkyl halides is 3. The maximum absolute atomic E-state index is 12.2. The number of methoxy groups -OCH3 is 1. The standard InChI is InChI=1S/C9H7F3INO4/c1-17-6(16)2-4-5(15)3-14-8(13)7(4)18-9(10,11)12/h3,15H,2H2,1H3. The lowest BCUT2D eigenvalue weighted by atomic mass is 10.1. The van der Waals surface area contributed by atoms with Gasteiger partial charge in [-0.25, -0.2) is 4.98 Å². The molecule has 9 heteroatoms. The van der Waals surface area contributed by atoms with Crippen LogP contribution < -0.4 is 4.74 Å². The number of ether oxygens (including phenoxy) is 2. The first-order valence-corrected chi connectivity index (χ1v) is 5.51. The zero-order chi connectivity index (χ0) is 13.9. The lowest BCUT2D eigenvalue weighted by Crippen LogP contribution is -2.20. The number of hydrogen-bond donors (Lipinski definition) is 1. The fourth-order valence-electron chi connectivity index (χ4n) is 1.10. The Morgan fingerprint density at radius 3 is 2.67 bits per heavy atom. The summed E-state index contributed by atoms with van der Waals surface area (Å²) in [4.78, 5) is 14.6. The van der Waals surface area contributed by atoms with E-state index in [4.69, 9.17) is 0 Å². The number of aromatic hydroxyl groups is 1. The Balaban J connectivity index is 3.20. The van der Waals surface area contributed by atoms with Gasteiger partial charge in [0.05, 0.1) is 25.3 Å². The number of hydrogen-bond acceptors (Lipinski definition) is 5. The van der Waals surface area contributed by atoms with Crippen molar-refractivity contribution in [1.29, 1.82) is 0 Å². The van der Waals surface area contributed by atoms with Crippen molar-refractivity contribution in [1.82, 2.24) is 4.98 Å². The van der Waals surface area contributed by atoms with E-state index in [1.54, 1.807) is 0 Å². The fourth-order valence-corrected chi connectivity index (χ4v) is 1.68. The highest BCUT2D eigenvalue weighted by molar-refractivity contribution is 14.1. The van der Waals surface area contributed by atoms with E-state index in [0.29, 0.717) is 0 Å². The molecule has 0 spiro atoms. The number of carbonyl (C=O) groups is 1. The van der Waals surface area contributed by atoms with E-state index in [2.05, 4.69) is 14.5 Å². The molecular formula is C9H7F3INO4. The molecule has 0 fully saturated rings. The second-order valence-electron chi connectivity index (χ2n) is 3.04. The molecule has 1 rings (SSSR count). The molecule has 0 radical (unpaired) electrons. The molecule has 0 saturated carbocycles. The SMILES string of the molecule is COC(=O)Cc1c(O)cnc(I)c1OC(F)(F)F. The van der Waals surface area contributed by atoms with Crippen molar-refractivity contribution >= 4 is 28.6 Å². The maximum atomic E-state index is 12.2. The van der Waals surface area contributed by atoms with Gasteiger partial charge in [-0.3, -0.25) is 4.79 Å². The average Bonchev–Trinajstić information content (AvgIpc) is 2.26. The molecule has 100 valence electrons. The molecule has 1 aromatic rings. The molecule has 18 heavy (non-hydrogen) atoms. The Labute approximate surface area is 113 Å². The van der Waals surface area contributed by atoms with Crippen LogP contribution in [-0.4, -0.2) is 29.5 Å². The third kappa shape index (κ3) is 3.89. The Bertz CT molecular complexity index is 464. The highest BCUT2D eigenvalue weighted by Gasteiger charge is 2.34. The molecule has 0 bridgehead atoms. The Hall–Kier alpha value is -1.26. The predicted octanol–water partition coefficient (Wildman–Crippen LogP) is 2.01. The predicted molar refractivity (Wildman–Crippen MR) is 61.0 cm³/mol. The zero-order valence-electron chi connectivity index (χ0n) is 8.92. The molecule has 1 heterocycles. The third-order valence-electron chi connectivity index (χ3n) is 1.84. The van der Waals surface area contributed by atoms with Crippen molar-refractivity contribution in [3.63, 3.8) is 0 Å². The van der Waals surface area contributed by atoms with Crippen LogP contribution in [0.2, 0.25) is 0 Å². The maximum Gasteiger partial charge on any atom is 0.573 e. The molecule has 0 unspecified atom stereocenters. The summed E-state index contributed by atoms with van der Waals surface area (Å²) >= 11 is 1.50. The largest absolute Gasteiger partial charge is 0.573 e. The smallest absolute Gasteiger partial charge is 0.506 e. The lowest BCUT2D eigenvalue weighted by molar-refractivity contribution is -0.275. The molecule has 0 amide bonds. The van der Waals surface area contributed by atoms with Crippen LogP contribution in [0.3, 0.4) is 0 Å². The van der Waals surface area contributed by atoms with Gasteiger partial charge in [0.15, 0.2) is 5.75 Å². The topological polar surface area (TPSA) is 68.7 Å². The summed E-state index contributed by atoms with van der Waals surface area (Å²) in [5.41, 5.74) is -0.321. The molecular weight excluding hydrogens is 370 g/mol. The van der Waals surface area contributed by atoms with Crippen molar-refractivity contribution in [3.05, 3.63) is 15.5 Å². The number of aromatic nitrogens is 1. The summed E-state index contributed by atoms with van der Waals surface area (Å²) in [6.45, 7) is 0. The van der Waals surface area contributed by atoms with Gasteiger partial charge in [0.25, 0.3) is 0 Å². The van der Waals surface area contributed by atoms with Gasteiger partial charge in [-0.1, -0.05) is 0 Å². The van der Waals surface area contributed by atoms with Crippen LogP contribution in [0.4, 0.5) is 13.2 Å². The van der Waals surface area contributed by atoms with Crippen LogP contribution in [0.25, 0.3) is 0 Å². The van der Waals surface area contributed by atoms with Gasteiger partial charge in [0.1, 0.15) is 9.45 Å². The monoisotopic (exact) mass is 377 g/mol. The van der Waals surface area contributed by atoms with E-state index < -0.39 is 30.3 Å². The van der Waals surface area contributed by atoms with Crippen molar-refractivity contribution < 1.29 is 32.5 Å². The van der Waals surface area contributed by atoms with E-state index in [-0.39, 0.29) is 9.26 Å². The zero-order valence-corrected chi connectivity index (χ0v) is 11.1. The van der Waals surface area contributed by atoms with Crippen LogP contribution in [0.5, 0.6) is 11.5 Å². The summed E-state index contributed by atoms with van der Waals surface area (Å²) in [5.74, 6) is -2.08. The van der Waals surface area contributed by atoms with Crippen LogP contribution in [0.15, 0.2) is 6.20 Å². The molecule has 1 aromatic heterocycles. The quantitative estimate of drug-likeness (QED) is 0.496. The van der Waals surface area contributed by atoms with Crippen LogP contribution in [0.1, 0.15) is 5.56 Å². The van der Waals surface area contributed by atoms with Gasteiger partial charge < -0.3 is 14.6 Å². The normalized spacial score (nSPS) is 11.2. The number of esters is 1. The molecule has 0 atom stereocenters. The van der Waals surface area contributed by atoms with Crippen molar-refractivity contribution in [2.24, 2.45) is 0 Å². The number of nitrogens with zero attached hydrogens (tertiary/aromatic N) is 1.